The molecular formula is C11H12ClN5S. The lowest BCUT2D eigenvalue weighted by Gasteiger charge is -2.05. The first-order valence-electron chi connectivity index (χ1n) is 5.90. The first-order chi connectivity index (χ1) is 8.83. The van der Waals surface area contributed by atoms with Gasteiger partial charge in [-0.15, -0.1) is 10.2 Å². The molecule has 1 aliphatic heterocycles. The minimum atomic E-state index is 0.447. The van der Waals surface area contributed by atoms with E-state index in [2.05, 4.69) is 24.7 Å². The van der Waals surface area contributed by atoms with E-state index in [1.54, 1.807) is 6.07 Å². The first kappa shape index (κ1) is 11.9. The average Bonchev–Trinajstić information content (AvgIpc) is 2.60. The van der Waals surface area contributed by atoms with E-state index in [-0.39, 0.29) is 0 Å². The molecular weight excluding hydrogens is 270 g/mol. The molecule has 1 aliphatic rings. The monoisotopic (exact) mass is 281 g/mol. The Kier molecular flexibility index (Phi) is 3.47. The van der Waals surface area contributed by atoms with Gasteiger partial charge in [0.05, 0.1) is 0 Å². The molecule has 5 nitrogen and oxygen atoms in total. The summed E-state index contributed by atoms with van der Waals surface area (Å²) in [5, 5.41) is 10.6. The third kappa shape index (κ3) is 2.49. The van der Waals surface area contributed by atoms with Crippen molar-refractivity contribution in [3.05, 3.63) is 23.4 Å². The molecule has 0 fully saturated rings. The normalized spacial score (nSPS) is 15.2. The zero-order valence-corrected chi connectivity index (χ0v) is 11.3. The quantitative estimate of drug-likeness (QED) is 0.792. The molecule has 3 heterocycles. The molecule has 0 aliphatic carbocycles. The molecule has 0 radical (unpaired) electrons. The van der Waals surface area contributed by atoms with Gasteiger partial charge >= 0.3 is 0 Å². The van der Waals surface area contributed by atoms with Gasteiger partial charge in [-0.25, -0.2) is 9.97 Å². The Hall–Kier alpha value is -1.14. The Morgan fingerprint density at radius 3 is 3.00 bits per heavy atom. The van der Waals surface area contributed by atoms with E-state index in [4.69, 9.17) is 11.6 Å². The fourth-order valence-electron chi connectivity index (χ4n) is 2.00. The van der Waals surface area contributed by atoms with E-state index in [0.717, 1.165) is 29.0 Å². The molecule has 0 atom stereocenters. The third-order valence-electron chi connectivity index (χ3n) is 2.88. The smallest absolute Gasteiger partial charge is 0.197 e. The zero-order chi connectivity index (χ0) is 12.4. The number of halogens is 1. The highest BCUT2D eigenvalue weighted by Crippen LogP contribution is 2.27. The number of aromatic nitrogens is 5. The molecule has 0 bridgehead atoms. The number of hydrogen-bond donors (Lipinski definition) is 0. The molecule has 2 aromatic heterocycles. The molecule has 94 valence electrons. The maximum absolute atomic E-state index is 5.85. The van der Waals surface area contributed by atoms with Crippen molar-refractivity contribution >= 4 is 23.4 Å². The Labute approximate surface area is 114 Å². The lowest BCUT2D eigenvalue weighted by Crippen LogP contribution is -2.02. The molecule has 0 aromatic carbocycles. The molecule has 0 spiro atoms. The van der Waals surface area contributed by atoms with Gasteiger partial charge in [0.2, 0.25) is 0 Å². The Morgan fingerprint density at radius 1 is 1.17 bits per heavy atom. The van der Waals surface area contributed by atoms with Crippen LogP contribution in [0.1, 0.15) is 25.1 Å². The van der Waals surface area contributed by atoms with Crippen molar-refractivity contribution in [3.63, 3.8) is 0 Å². The third-order valence-corrected chi connectivity index (χ3v) is 4.00. The summed E-state index contributed by atoms with van der Waals surface area (Å²) in [4.78, 5) is 8.04. The molecule has 2 aromatic rings. The largest absolute Gasteiger partial charge is 0.306 e. The summed E-state index contributed by atoms with van der Waals surface area (Å²) in [6, 6.07) is 1.74. The molecule has 0 N–H and O–H groups in total. The Balaban J connectivity index is 1.87. The zero-order valence-electron chi connectivity index (χ0n) is 9.71. The standard InChI is InChI=1S/C11H12ClN5S/c12-8-6-10(14-7-13-8)18-11-16-15-9-4-2-1-3-5-17(9)11/h6-7H,1-5H2. The number of nitrogens with zero attached hydrogens (tertiary/aromatic N) is 5. The summed E-state index contributed by atoms with van der Waals surface area (Å²) in [5.41, 5.74) is 0. The van der Waals surface area contributed by atoms with Gasteiger partial charge in [-0.3, -0.25) is 0 Å². The minimum absolute atomic E-state index is 0.447. The van der Waals surface area contributed by atoms with Crippen molar-refractivity contribution < 1.29 is 0 Å². The van der Waals surface area contributed by atoms with E-state index in [1.807, 2.05) is 0 Å². The van der Waals surface area contributed by atoms with Crippen LogP contribution in [-0.4, -0.2) is 24.7 Å². The van der Waals surface area contributed by atoms with Crippen molar-refractivity contribution in [1.82, 2.24) is 24.7 Å². The van der Waals surface area contributed by atoms with Gasteiger partial charge in [0.15, 0.2) is 5.16 Å². The Bertz CT molecular complexity index is 556. The highest BCUT2D eigenvalue weighted by Gasteiger charge is 2.15. The first-order valence-corrected chi connectivity index (χ1v) is 7.10. The van der Waals surface area contributed by atoms with Gasteiger partial charge in [0.25, 0.3) is 0 Å². The lowest BCUT2D eigenvalue weighted by atomic mass is 10.2. The van der Waals surface area contributed by atoms with Crippen molar-refractivity contribution in [2.75, 3.05) is 0 Å². The molecule has 3 rings (SSSR count). The van der Waals surface area contributed by atoms with Crippen LogP contribution in [0.2, 0.25) is 5.15 Å². The molecule has 7 heteroatoms. The van der Waals surface area contributed by atoms with Gasteiger partial charge in [0, 0.05) is 19.0 Å². The second-order valence-electron chi connectivity index (χ2n) is 4.14. The van der Waals surface area contributed by atoms with Crippen molar-refractivity contribution in [3.8, 4) is 0 Å². The summed E-state index contributed by atoms with van der Waals surface area (Å²) >= 11 is 7.33. The molecule has 0 amide bonds. The van der Waals surface area contributed by atoms with Crippen LogP contribution in [-0.2, 0) is 13.0 Å². The maximum atomic E-state index is 5.85. The van der Waals surface area contributed by atoms with Gasteiger partial charge in [-0.2, -0.15) is 0 Å². The van der Waals surface area contributed by atoms with Crippen LogP contribution in [0.4, 0.5) is 0 Å². The fraction of sp³-hybridized carbons (Fsp3) is 0.455. The topological polar surface area (TPSA) is 56.5 Å². The SMILES string of the molecule is Clc1cc(Sc2nnc3n2CCCCC3)ncn1. The fourth-order valence-corrected chi connectivity index (χ4v) is 3.06. The van der Waals surface area contributed by atoms with E-state index < -0.39 is 0 Å². The van der Waals surface area contributed by atoms with Crippen molar-refractivity contribution in [2.45, 2.75) is 42.4 Å². The predicted octanol–water partition coefficient (Wildman–Crippen LogP) is 2.60. The highest BCUT2D eigenvalue weighted by atomic mass is 35.5. The second kappa shape index (κ2) is 5.24. The summed E-state index contributed by atoms with van der Waals surface area (Å²) in [6.45, 7) is 0.990. The van der Waals surface area contributed by atoms with Crippen LogP contribution in [0.3, 0.4) is 0 Å². The molecule has 0 saturated carbocycles. The van der Waals surface area contributed by atoms with Crippen LogP contribution < -0.4 is 0 Å². The van der Waals surface area contributed by atoms with E-state index in [9.17, 15) is 0 Å². The number of aryl methyl sites for hydroxylation is 1. The van der Waals surface area contributed by atoms with Gasteiger partial charge in [-0.1, -0.05) is 18.0 Å². The minimum Gasteiger partial charge on any atom is -0.306 e. The van der Waals surface area contributed by atoms with E-state index in [1.165, 1.54) is 37.4 Å². The van der Waals surface area contributed by atoms with Gasteiger partial charge < -0.3 is 4.57 Å². The summed E-state index contributed by atoms with van der Waals surface area (Å²) in [5.74, 6) is 1.08. The second-order valence-corrected chi connectivity index (χ2v) is 5.52. The summed E-state index contributed by atoms with van der Waals surface area (Å²) in [7, 11) is 0. The lowest BCUT2D eigenvalue weighted by molar-refractivity contribution is 0.590. The van der Waals surface area contributed by atoms with Crippen LogP contribution in [0.25, 0.3) is 0 Å². The Morgan fingerprint density at radius 2 is 2.11 bits per heavy atom. The van der Waals surface area contributed by atoms with E-state index in [0.29, 0.717) is 5.15 Å². The predicted molar refractivity (Wildman–Crippen MR) is 68.7 cm³/mol. The van der Waals surface area contributed by atoms with Crippen LogP contribution in [0, 0.1) is 0 Å². The van der Waals surface area contributed by atoms with Gasteiger partial charge in [0.1, 0.15) is 22.3 Å². The van der Waals surface area contributed by atoms with Crippen molar-refractivity contribution in [2.24, 2.45) is 0 Å². The summed E-state index contributed by atoms with van der Waals surface area (Å²) < 4.78 is 2.19. The van der Waals surface area contributed by atoms with Crippen LogP contribution in [0.15, 0.2) is 22.6 Å². The molecule has 0 saturated heterocycles. The van der Waals surface area contributed by atoms with Crippen molar-refractivity contribution in [1.29, 1.82) is 0 Å². The average molecular weight is 282 g/mol. The van der Waals surface area contributed by atoms with Crippen LogP contribution in [0.5, 0.6) is 0 Å². The summed E-state index contributed by atoms with van der Waals surface area (Å²) in [6.07, 6.45) is 6.11. The highest BCUT2D eigenvalue weighted by molar-refractivity contribution is 7.99. The van der Waals surface area contributed by atoms with E-state index >= 15 is 0 Å². The van der Waals surface area contributed by atoms with Gasteiger partial charge in [-0.05, 0) is 24.6 Å². The maximum Gasteiger partial charge on any atom is 0.197 e. The number of rotatable bonds is 2. The molecule has 0 unspecified atom stereocenters. The van der Waals surface area contributed by atoms with Crippen LogP contribution >= 0.6 is 23.4 Å². The number of hydrogen-bond acceptors (Lipinski definition) is 5. The molecule has 18 heavy (non-hydrogen) atoms. The number of fused-ring (bicyclic) bond motifs is 1.